The number of carbonyl (C=O) groups excluding carboxylic acids is 2. The average molecular weight is 479 g/mol. The van der Waals surface area contributed by atoms with E-state index in [-0.39, 0.29) is 32.4 Å². The van der Waals surface area contributed by atoms with Gasteiger partial charge in [0.15, 0.2) is 6.29 Å². The van der Waals surface area contributed by atoms with Crippen molar-refractivity contribution in [2.75, 3.05) is 6.61 Å². The number of hydrogen-bond donors (Lipinski definition) is 0. The van der Waals surface area contributed by atoms with Crippen LogP contribution in [0.3, 0.4) is 0 Å². The SMILES string of the molecule is CCOC(C)OC1OC(=O)C2SC3(SC12)C1CC2CC3CC(OC(=O)C(C)(F)F)(C2)C1. The second-order valence-corrected chi connectivity index (χ2v) is 12.7. The molecule has 4 saturated carbocycles. The molecule has 6 nitrogen and oxygen atoms in total. The minimum atomic E-state index is -3.49. The molecule has 10 heteroatoms. The molecule has 6 rings (SSSR count). The molecular formula is C21H28F2O6S2. The Kier molecular flexibility index (Phi) is 5.35. The van der Waals surface area contributed by atoms with Crippen LogP contribution in [-0.4, -0.2) is 57.2 Å². The van der Waals surface area contributed by atoms with Crippen LogP contribution >= 0.6 is 23.5 Å². The van der Waals surface area contributed by atoms with Gasteiger partial charge < -0.3 is 18.9 Å². The second-order valence-electron chi connectivity index (χ2n) is 9.61. The highest BCUT2D eigenvalue weighted by molar-refractivity contribution is 8.22. The molecule has 2 saturated heterocycles. The van der Waals surface area contributed by atoms with E-state index in [1.54, 1.807) is 30.4 Å². The summed E-state index contributed by atoms with van der Waals surface area (Å²) in [4.78, 5) is 24.6. The normalized spacial score (nSPS) is 46.3. The van der Waals surface area contributed by atoms with Gasteiger partial charge in [-0.25, -0.2) is 4.79 Å². The van der Waals surface area contributed by atoms with E-state index in [0.717, 1.165) is 12.8 Å². The fraction of sp³-hybridized carbons (Fsp3) is 0.905. The monoisotopic (exact) mass is 478 g/mol. The summed E-state index contributed by atoms with van der Waals surface area (Å²) in [7, 11) is 0. The number of fused-ring (bicyclic) bond motifs is 1. The van der Waals surface area contributed by atoms with Crippen molar-refractivity contribution in [1.82, 2.24) is 0 Å². The Morgan fingerprint density at radius 1 is 1.26 bits per heavy atom. The van der Waals surface area contributed by atoms with E-state index in [1.165, 1.54) is 0 Å². The highest BCUT2D eigenvalue weighted by Gasteiger charge is 2.71. The van der Waals surface area contributed by atoms with Crippen molar-refractivity contribution in [3.05, 3.63) is 0 Å². The quantitative estimate of drug-likeness (QED) is 0.420. The van der Waals surface area contributed by atoms with Gasteiger partial charge in [0.1, 0.15) is 10.9 Å². The topological polar surface area (TPSA) is 71.1 Å². The van der Waals surface area contributed by atoms with Crippen LogP contribution in [-0.2, 0) is 28.5 Å². The predicted molar refractivity (Wildman–Crippen MR) is 111 cm³/mol. The lowest BCUT2D eigenvalue weighted by atomic mass is 9.53. The average Bonchev–Trinajstić information content (AvgIpc) is 3.17. The van der Waals surface area contributed by atoms with E-state index < -0.39 is 30.1 Å². The number of alkyl halides is 2. The van der Waals surface area contributed by atoms with Crippen LogP contribution in [0.4, 0.5) is 8.78 Å². The van der Waals surface area contributed by atoms with Gasteiger partial charge in [0.05, 0.1) is 9.33 Å². The van der Waals surface area contributed by atoms with Gasteiger partial charge in [-0.2, -0.15) is 8.78 Å². The molecule has 6 aliphatic rings. The molecule has 6 atom stereocenters. The summed E-state index contributed by atoms with van der Waals surface area (Å²) >= 11 is 3.44. The van der Waals surface area contributed by atoms with Gasteiger partial charge in [-0.15, -0.1) is 23.5 Å². The van der Waals surface area contributed by atoms with Crippen molar-refractivity contribution >= 4 is 35.5 Å². The van der Waals surface area contributed by atoms with Crippen LogP contribution in [0.25, 0.3) is 0 Å². The first-order valence-corrected chi connectivity index (χ1v) is 12.8. The molecule has 0 aromatic carbocycles. The molecule has 4 aliphatic carbocycles. The third-order valence-electron chi connectivity index (χ3n) is 7.33. The largest absolute Gasteiger partial charge is 0.455 e. The summed E-state index contributed by atoms with van der Waals surface area (Å²) in [6.07, 6.45) is 2.66. The Hall–Kier alpha value is -0.580. The van der Waals surface area contributed by atoms with Crippen LogP contribution in [0.5, 0.6) is 0 Å². The second kappa shape index (κ2) is 7.46. The van der Waals surface area contributed by atoms with E-state index in [0.29, 0.717) is 38.7 Å². The van der Waals surface area contributed by atoms with Crippen LogP contribution < -0.4 is 0 Å². The zero-order valence-corrected chi connectivity index (χ0v) is 19.4. The van der Waals surface area contributed by atoms with E-state index in [1.807, 2.05) is 6.92 Å². The number of esters is 2. The molecule has 6 unspecified atom stereocenters. The van der Waals surface area contributed by atoms with Crippen molar-refractivity contribution in [2.45, 2.75) is 91.6 Å². The maximum absolute atomic E-state index is 13.5. The number of rotatable bonds is 6. The Balaban J connectivity index is 1.35. The van der Waals surface area contributed by atoms with Crippen LogP contribution in [0.15, 0.2) is 0 Å². The smallest absolute Gasteiger partial charge is 0.377 e. The van der Waals surface area contributed by atoms with Crippen molar-refractivity contribution in [3.63, 3.8) is 0 Å². The molecule has 2 heterocycles. The van der Waals surface area contributed by atoms with Crippen molar-refractivity contribution in [3.8, 4) is 0 Å². The van der Waals surface area contributed by atoms with Crippen LogP contribution in [0, 0.1) is 17.8 Å². The lowest BCUT2D eigenvalue weighted by molar-refractivity contribution is -0.219. The molecular weight excluding hydrogens is 450 g/mol. The number of thioether (sulfide) groups is 2. The number of carbonyl (C=O) groups is 2. The maximum atomic E-state index is 13.5. The van der Waals surface area contributed by atoms with Gasteiger partial charge in [0, 0.05) is 13.5 Å². The molecule has 0 radical (unpaired) electrons. The Morgan fingerprint density at radius 3 is 2.55 bits per heavy atom. The lowest BCUT2D eigenvalue weighted by Gasteiger charge is -2.63. The summed E-state index contributed by atoms with van der Waals surface area (Å²) in [5, 5.41) is -0.434. The van der Waals surface area contributed by atoms with Gasteiger partial charge >= 0.3 is 17.9 Å². The number of hydrogen-bond acceptors (Lipinski definition) is 8. The predicted octanol–water partition coefficient (Wildman–Crippen LogP) is 3.96. The third-order valence-corrected chi connectivity index (χ3v) is 11.7. The van der Waals surface area contributed by atoms with Crippen molar-refractivity contribution in [1.29, 1.82) is 0 Å². The molecule has 6 fully saturated rings. The highest BCUT2D eigenvalue weighted by atomic mass is 32.2. The summed E-state index contributed by atoms with van der Waals surface area (Å²) < 4.78 is 49.2. The van der Waals surface area contributed by atoms with Gasteiger partial charge in [-0.05, 0) is 63.7 Å². The summed E-state index contributed by atoms with van der Waals surface area (Å²) in [5.41, 5.74) is -0.795. The fourth-order valence-electron chi connectivity index (χ4n) is 6.42. The number of cyclic esters (lactones) is 1. The lowest BCUT2D eigenvalue weighted by Crippen LogP contribution is -2.62. The van der Waals surface area contributed by atoms with Crippen LogP contribution in [0.1, 0.15) is 52.9 Å². The van der Waals surface area contributed by atoms with Crippen molar-refractivity contribution in [2.24, 2.45) is 17.8 Å². The molecule has 4 bridgehead atoms. The number of ether oxygens (including phenoxy) is 4. The van der Waals surface area contributed by atoms with Crippen LogP contribution in [0.2, 0.25) is 0 Å². The van der Waals surface area contributed by atoms with E-state index in [2.05, 4.69) is 0 Å². The van der Waals surface area contributed by atoms with Gasteiger partial charge in [-0.3, -0.25) is 4.79 Å². The molecule has 0 aromatic heterocycles. The van der Waals surface area contributed by atoms with Gasteiger partial charge in [0.2, 0.25) is 6.29 Å². The van der Waals surface area contributed by atoms with E-state index in [4.69, 9.17) is 18.9 Å². The standard InChI is InChI=1S/C21H28F2O6S2/c1-4-26-10(2)27-17-15-14(16(24)28-17)30-21(31-15)12-5-11-6-13(21)9-20(7-11,8-12)29-18(25)19(3,22)23/h10-15,17H,4-9H2,1-3H3. The molecule has 1 spiro atoms. The van der Waals surface area contributed by atoms with Gasteiger partial charge in [-0.1, -0.05) is 0 Å². The Labute approximate surface area is 188 Å². The van der Waals surface area contributed by atoms with E-state index in [9.17, 15) is 18.4 Å². The number of halogens is 2. The summed E-state index contributed by atoms with van der Waals surface area (Å²) in [6.45, 7) is 4.77. The first kappa shape index (κ1) is 22.2. The third kappa shape index (κ3) is 3.60. The zero-order valence-electron chi connectivity index (χ0n) is 17.8. The molecule has 174 valence electrons. The first-order chi connectivity index (χ1) is 14.6. The Bertz CT molecular complexity index is 757. The first-order valence-electron chi connectivity index (χ1n) is 11.0. The summed E-state index contributed by atoms with van der Waals surface area (Å²) in [5.74, 6) is -4.38. The molecule has 0 amide bonds. The molecule has 31 heavy (non-hydrogen) atoms. The van der Waals surface area contributed by atoms with Crippen molar-refractivity contribution < 1.29 is 37.3 Å². The molecule has 2 aliphatic heterocycles. The molecule has 0 aromatic rings. The minimum Gasteiger partial charge on any atom is -0.455 e. The zero-order chi connectivity index (χ0) is 22.2. The minimum absolute atomic E-state index is 0.128. The summed E-state index contributed by atoms with van der Waals surface area (Å²) in [6, 6.07) is 0. The highest BCUT2D eigenvalue weighted by Crippen LogP contribution is 2.74. The Morgan fingerprint density at radius 2 is 1.94 bits per heavy atom. The fourth-order valence-corrected chi connectivity index (χ4v) is 10.8. The van der Waals surface area contributed by atoms with Gasteiger partial charge in [0.25, 0.3) is 0 Å². The maximum Gasteiger partial charge on any atom is 0.377 e. The van der Waals surface area contributed by atoms with E-state index >= 15 is 0 Å². The molecule has 0 N–H and O–H groups in total.